The van der Waals surface area contributed by atoms with E-state index in [1.54, 1.807) is 19.1 Å². The lowest BCUT2D eigenvalue weighted by atomic mass is 10.0. The van der Waals surface area contributed by atoms with E-state index in [9.17, 15) is 9.59 Å². The second kappa shape index (κ2) is 9.71. The van der Waals surface area contributed by atoms with Crippen LogP contribution < -0.4 is 5.32 Å². The van der Waals surface area contributed by atoms with E-state index in [1.165, 1.54) is 6.07 Å². The maximum Gasteiger partial charge on any atom is 0.339 e. The van der Waals surface area contributed by atoms with Crippen LogP contribution in [0.2, 0.25) is 5.02 Å². The molecule has 0 atom stereocenters. The number of benzene rings is 3. The molecule has 0 unspecified atom stereocenters. The summed E-state index contributed by atoms with van der Waals surface area (Å²) in [5.74, 6) is -0.774. The number of rotatable bonds is 6. The molecule has 1 N–H and O–H groups in total. The van der Waals surface area contributed by atoms with Crippen LogP contribution in [-0.4, -0.2) is 18.5 Å². The Bertz CT molecular complexity index is 1030. The summed E-state index contributed by atoms with van der Waals surface area (Å²) in [7, 11) is 0. The molecule has 4 nitrogen and oxygen atoms in total. The fourth-order valence-corrected chi connectivity index (χ4v) is 3.04. The number of halogens is 1. The molecule has 0 radical (unpaired) electrons. The average molecular weight is 406 g/mol. The summed E-state index contributed by atoms with van der Waals surface area (Å²) < 4.78 is 4.97. The first kappa shape index (κ1) is 20.4. The van der Waals surface area contributed by atoms with E-state index < -0.39 is 5.97 Å². The fourth-order valence-electron chi connectivity index (χ4n) is 2.78. The molecular formula is C24H20ClNO3. The van der Waals surface area contributed by atoms with Crippen LogP contribution in [0.3, 0.4) is 0 Å². The smallest absolute Gasteiger partial charge is 0.339 e. The molecule has 0 aliphatic rings. The van der Waals surface area contributed by atoms with Crippen molar-refractivity contribution in [1.82, 2.24) is 0 Å². The van der Waals surface area contributed by atoms with Gasteiger partial charge in [0, 0.05) is 11.3 Å². The molecule has 0 saturated heterocycles. The van der Waals surface area contributed by atoms with E-state index in [2.05, 4.69) is 5.32 Å². The van der Waals surface area contributed by atoms with Gasteiger partial charge in [-0.15, -0.1) is 0 Å². The number of amides is 1. The lowest BCUT2D eigenvalue weighted by Gasteiger charge is -2.11. The highest BCUT2D eigenvalue weighted by atomic mass is 35.5. The third kappa shape index (κ3) is 5.33. The highest BCUT2D eigenvalue weighted by Crippen LogP contribution is 2.24. The summed E-state index contributed by atoms with van der Waals surface area (Å²) in [4.78, 5) is 24.9. The van der Waals surface area contributed by atoms with Gasteiger partial charge in [-0.05, 0) is 42.3 Å². The second-order valence-electron chi connectivity index (χ2n) is 6.20. The number of nitrogens with one attached hydrogen (secondary N) is 1. The Kier molecular flexibility index (Phi) is 6.82. The van der Waals surface area contributed by atoms with Crippen molar-refractivity contribution in [2.24, 2.45) is 0 Å². The zero-order valence-electron chi connectivity index (χ0n) is 15.9. The Morgan fingerprint density at radius 1 is 0.966 bits per heavy atom. The summed E-state index contributed by atoms with van der Waals surface area (Å²) in [6.45, 7) is 1.99. The number of anilines is 1. The summed E-state index contributed by atoms with van der Waals surface area (Å²) in [6.07, 6.45) is 1.83. The summed E-state index contributed by atoms with van der Waals surface area (Å²) in [5.41, 5.74) is 2.97. The van der Waals surface area contributed by atoms with Gasteiger partial charge in [0.2, 0.25) is 0 Å². The summed E-state index contributed by atoms with van der Waals surface area (Å²) >= 11 is 6.20. The van der Waals surface area contributed by atoms with Crippen molar-refractivity contribution in [2.75, 3.05) is 11.9 Å². The molecule has 0 fully saturated rings. The predicted molar refractivity (Wildman–Crippen MR) is 117 cm³/mol. The SMILES string of the molecule is CCOC(=O)c1ccc(NC(=O)/C(=C/c2ccccc2)c2ccccc2)cc1Cl. The Balaban J connectivity index is 1.89. The van der Waals surface area contributed by atoms with Gasteiger partial charge in [0.05, 0.1) is 17.2 Å². The van der Waals surface area contributed by atoms with Crippen LogP contribution in [0.1, 0.15) is 28.4 Å². The van der Waals surface area contributed by atoms with Crippen LogP contribution in [0, 0.1) is 0 Å². The minimum Gasteiger partial charge on any atom is -0.462 e. The molecule has 1 amide bonds. The van der Waals surface area contributed by atoms with Crippen molar-refractivity contribution in [3.63, 3.8) is 0 Å². The zero-order valence-corrected chi connectivity index (χ0v) is 16.6. The van der Waals surface area contributed by atoms with Gasteiger partial charge in [0.15, 0.2) is 0 Å². The first-order chi connectivity index (χ1) is 14.1. The van der Waals surface area contributed by atoms with Crippen LogP contribution in [0.4, 0.5) is 5.69 Å². The minimum absolute atomic E-state index is 0.217. The van der Waals surface area contributed by atoms with Crippen molar-refractivity contribution >= 4 is 40.8 Å². The molecule has 0 heterocycles. The number of carbonyl (C=O) groups is 2. The molecule has 0 aliphatic heterocycles. The lowest BCUT2D eigenvalue weighted by molar-refractivity contribution is -0.111. The molecule has 3 aromatic carbocycles. The van der Waals surface area contributed by atoms with Gasteiger partial charge in [-0.1, -0.05) is 72.3 Å². The van der Waals surface area contributed by atoms with Gasteiger partial charge in [-0.3, -0.25) is 4.79 Å². The van der Waals surface area contributed by atoms with Crippen LogP contribution >= 0.6 is 11.6 Å². The number of hydrogen-bond donors (Lipinski definition) is 1. The van der Waals surface area contributed by atoms with Gasteiger partial charge in [0.25, 0.3) is 5.91 Å². The predicted octanol–water partition coefficient (Wildman–Crippen LogP) is 5.70. The van der Waals surface area contributed by atoms with Gasteiger partial charge < -0.3 is 10.1 Å². The number of carbonyl (C=O) groups excluding carboxylic acids is 2. The molecular weight excluding hydrogens is 386 g/mol. The van der Waals surface area contributed by atoms with Gasteiger partial charge in [-0.25, -0.2) is 4.79 Å². The van der Waals surface area contributed by atoms with Gasteiger partial charge >= 0.3 is 5.97 Å². The largest absolute Gasteiger partial charge is 0.462 e. The van der Waals surface area contributed by atoms with Crippen molar-refractivity contribution in [3.8, 4) is 0 Å². The van der Waals surface area contributed by atoms with E-state index in [-0.39, 0.29) is 23.1 Å². The molecule has 29 heavy (non-hydrogen) atoms. The highest BCUT2D eigenvalue weighted by Gasteiger charge is 2.15. The fraction of sp³-hybridized carbons (Fsp3) is 0.0833. The second-order valence-corrected chi connectivity index (χ2v) is 6.61. The monoisotopic (exact) mass is 405 g/mol. The topological polar surface area (TPSA) is 55.4 Å². The van der Waals surface area contributed by atoms with Crippen LogP contribution in [0.15, 0.2) is 78.9 Å². The van der Waals surface area contributed by atoms with Gasteiger partial charge in [0.1, 0.15) is 0 Å². The highest BCUT2D eigenvalue weighted by molar-refractivity contribution is 6.34. The van der Waals surface area contributed by atoms with Crippen molar-refractivity contribution in [3.05, 3.63) is 101 Å². The average Bonchev–Trinajstić information content (AvgIpc) is 2.73. The Labute approximate surface area is 174 Å². The maximum absolute atomic E-state index is 13.0. The summed E-state index contributed by atoms with van der Waals surface area (Å²) in [6, 6.07) is 23.7. The third-order valence-electron chi connectivity index (χ3n) is 4.16. The zero-order chi connectivity index (χ0) is 20.6. The molecule has 0 bridgehead atoms. The molecule has 3 aromatic rings. The molecule has 146 valence electrons. The third-order valence-corrected chi connectivity index (χ3v) is 4.48. The number of ether oxygens (including phenoxy) is 1. The van der Waals surface area contributed by atoms with Crippen molar-refractivity contribution in [2.45, 2.75) is 6.92 Å². The lowest BCUT2D eigenvalue weighted by Crippen LogP contribution is -2.14. The van der Waals surface area contributed by atoms with Crippen LogP contribution in [0.25, 0.3) is 11.6 Å². The molecule has 5 heteroatoms. The van der Waals surface area contributed by atoms with Crippen LogP contribution in [0.5, 0.6) is 0 Å². The van der Waals surface area contributed by atoms with E-state index in [4.69, 9.17) is 16.3 Å². The molecule has 0 saturated carbocycles. The number of hydrogen-bond acceptors (Lipinski definition) is 3. The standard InChI is InChI=1S/C24H20ClNO3/c1-2-29-24(28)20-14-13-19(16-22(20)25)26-23(27)21(18-11-7-4-8-12-18)15-17-9-5-3-6-10-17/h3-16H,2H2,1H3,(H,26,27)/b21-15+. The molecule has 0 aliphatic carbocycles. The normalized spacial score (nSPS) is 11.0. The minimum atomic E-state index is -0.496. The van der Waals surface area contributed by atoms with E-state index in [0.29, 0.717) is 11.3 Å². The number of esters is 1. The molecule has 0 aromatic heterocycles. The van der Waals surface area contributed by atoms with Gasteiger partial charge in [-0.2, -0.15) is 0 Å². The first-order valence-corrected chi connectivity index (χ1v) is 9.56. The van der Waals surface area contributed by atoms with Crippen LogP contribution in [-0.2, 0) is 9.53 Å². The molecule has 0 spiro atoms. The van der Waals surface area contributed by atoms with E-state index >= 15 is 0 Å². The maximum atomic E-state index is 13.0. The molecule has 3 rings (SSSR count). The Morgan fingerprint density at radius 2 is 1.62 bits per heavy atom. The van der Waals surface area contributed by atoms with E-state index in [0.717, 1.165) is 11.1 Å². The first-order valence-electron chi connectivity index (χ1n) is 9.18. The summed E-state index contributed by atoms with van der Waals surface area (Å²) in [5, 5.41) is 3.07. The Hall–Kier alpha value is -3.37. The Morgan fingerprint density at radius 3 is 2.24 bits per heavy atom. The van der Waals surface area contributed by atoms with E-state index in [1.807, 2.05) is 66.7 Å². The quantitative estimate of drug-likeness (QED) is 0.325. The van der Waals surface area contributed by atoms with Crippen molar-refractivity contribution in [1.29, 1.82) is 0 Å². The van der Waals surface area contributed by atoms with Crippen molar-refractivity contribution < 1.29 is 14.3 Å².